The molecule has 0 aliphatic carbocycles. The molecule has 1 N–H and O–H groups in total. The summed E-state index contributed by atoms with van der Waals surface area (Å²) in [5.41, 5.74) is 0.454. The summed E-state index contributed by atoms with van der Waals surface area (Å²) in [5.74, 6) is -0.848. The Hall–Kier alpha value is -3.69. The van der Waals surface area contributed by atoms with Crippen LogP contribution in [0.3, 0.4) is 0 Å². The monoisotopic (exact) mass is 386 g/mol. The summed E-state index contributed by atoms with van der Waals surface area (Å²) in [6.07, 6.45) is -0.848. The lowest BCUT2D eigenvalue weighted by Gasteiger charge is -2.28. The van der Waals surface area contributed by atoms with Crippen LogP contribution in [0.5, 0.6) is 11.5 Å². The molecule has 10 nitrogen and oxygen atoms in total. The molecular formula is C18H18N4O6. The van der Waals surface area contributed by atoms with Gasteiger partial charge in [-0.15, -0.1) is 0 Å². The van der Waals surface area contributed by atoms with Crippen molar-refractivity contribution >= 4 is 29.1 Å². The first-order chi connectivity index (χ1) is 13.4. The lowest BCUT2D eigenvalue weighted by atomic mass is 10.2. The first-order valence-electron chi connectivity index (χ1n) is 8.56. The summed E-state index contributed by atoms with van der Waals surface area (Å²) in [6, 6.07) is 9.43. The quantitative estimate of drug-likeness (QED) is 0.596. The number of pyridine rings is 1. The minimum absolute atomic E-state index is 0.0643. The van der Waals surface area contributed by atoms with Crippen molar-refractivity contribution in [3.8, 4) is 11.5 Å². The Morgan fingerprint density at radius 1 is 1.36 bits per heavy atom. The highest BCUT2D eigenvalue weighted by atomic mass is 16.6. The second-order valence-corrected chi connectivity index (χ2v) is 5.91. The van der Waals surface area contributed by atoms with Crippen LogP contribution in [0, 0.1) is 10.1 Å². The van der Waals surface area contributed by atoms with Gasteiger partial charge in [0.2, 0.25) is 5.91 Å². The van der Waals surface area contributed by atoms with Crippen molar-refractivity contribution in [1.29, 1.82) is 0 Å². The van der Waals surface area contributed by atoms with Gasteiger partial charge in [0, 0.05) is 6.07 Å². The molecule has 0 bridgehead atoms. The summed E-state index contributed by atoms with van der Waals surface area (Å²) in [5, 5.41) is 13.7. The highest BCUT2D eigenvalue weighted by molar-refractivity contribution is 6.05. The highest BCUT2D eigenvalue weighted by Gasteiger charge is 2.37. The average Bonchev–Trinajstić information content (AvgIpc) is 2.67. The van der Waals surface area contributed by atoms with Crippen molar-refractivity contribution in [3.63, 3.8) is 0 Å². The standard InChI is InChI=1S/C18H18N4O6/c1-3-27-13-7-5-4-6-12(13)19-16(23)10-21-17-14(28-11(2)18(21)24)8-9-15(20-17)22(25)26/h4-9,11H,3,10H2,1-2H3,(H,19,23). The number of nitrogens with zero attached hydrogens (tertiary/aromatic N) is 3. The van der Waals surface area contributed by atoms with Crippen LogP contribution in [0.25, 0.3) is 0 Å². The zero-order chi connectivity index (χ0) is 20.3. The number of fused-ring (bicyclic) bond motifs is 1. The summed E-state index contributed by atoms with van der Waals surface area (Å²) in [7, 11) is 0. The molecule has 0 radical (unpaired) electrons. The van der Waals surface area contributed by atoms with Crippen LogP contribution in [-0.4, -0.2) is 41.0 Å². The number of nitro groups is 1. The Balaban J connectivity index is 1.85. The molecule has 10 heteroatoms. The second kappa shape index (κ2) is 7.91. The van der Waals surface area contributed by atoms with Gasteiger partial charge < -0.3 is 24.9 Å². The molecule has 2 amide bonds. The molecule has 1 atom stereocenters. The number of para-hydroxylation sites is 2. The van der Waals surface area contributed by atoms with Gasteiger partial charge in [0.25, 0.3) is 11.7 Å². The van der Waals surface area contributed by atoms with E-state index in [1.807, 2.05) is 6.92 Å². The fourth-order valence-electron chi connectivity index (χ4n) is 2.71. The van der Waals surface area contributed by atoms with Gasteiger partial charge in [-0.25, -0.2) is 0 Å². The average molecular weight is 386 g/mol. The summed E-state index contributed by atoms with van der Waals surface area (Å²) < 4.78 is 10.9. The van der Waals surface area contributed by atoms with E-state index in [9.17, 15) is 19.7 Å². The maximum Gasteiger partial charge on any atom is 0.366 e. The Bertz CT molecular complexity index is 932. The van der Waals surface area contributed by atoms with Gasteiger partial charge in [-0.2, -0.15) is 0 Å². The number of amides is 2. The smallest absolute Gasteiger partial charge is 0.366 e. The van der Waals surface area contributed by atoms with Crippen molar-refractivity contribution in [2.45, 2.75) is 20.0 Å². The van der Waals surface area contributed by atoms with Crippen molar-refractivity contribution in [1.82, 2.24) is 4.98 Å². The van der Waals surface area contributed by atoms with E-state index in [0.717, 1.165) is 4.90 Å². The molecule has 2 aromatic rings. The van der Waals surface area contributed by atoms with Crippen LogP contribution in [0.15, 0.2) is 36.4 Å². The molecule has 1 aromatic heterocycles. The zero-order valence-corrected chi connectivity index (χ0v) is 15.2. The molecule has 0 spiro atoms. The van der Waals surface area contributed by atoms with Gasteiger partial charge in [-0.05, 0) is 42.0 Å². The van der Waals surface area contributed by atoms with E-state index in [4.69, 9.17) is 9.47 Å². The normalized spacial score (nSPS) is 15.4. The molecule has 1 unspecified atom stereocenters. The van der Waals surface area contributed by atoms with E-state index >= 15 is 0 Å². The highest BCUT2D eigenvalue weighted by Crippen LogP contribution is 2.34. The fourth-order valence-corrected chi connectivity index (χ4v) is 2.71. The van der Waals surface area contributed by atoms with Crippen LogP contribution in [-0.2, 0) is 9.59 Å². The van der Waals surface area contributed by atoms with Gasteiger partial charge in [-0.3, -0.25) is 14.5 Å². The molecule has 146 valence electrons. The number of carbonyl (C=O) groups is 2. The first kappa shape index (κ1) is 19.1. The van der Waals surface area contributed by atoms with Crippen LogP contribution in [0.4, 0.5) is 17.3 Å². The lowest BCUT2D eigenvalue weighted by Crippen LogP contribution is -2.48. The molecule has 28 heavy (non-hydrogen) atoms. The molecular weight excluding hydrogens is 368 g/mol. The molecule has 3 rings (SSSR count). The van der Waals surface area contributed by atoms with Gasteiger partial charge in [0.15, 0.2) is 11.9 Å². The predicted octanol–water partition coefficient (Wildman–Crippen LogP) is 2.14. The van der Waals surface area contributed by atoms with Crippen molar-refractivity contribution in [3.05, 3.63) is 46.5 Å². The topological polar surface area (TPSA) is 124 Å². The summed E-state index contributed by atoms with van der Waals surface area (Å²) in [4.78, 5) is 40.3. The predicted molar refractivity (Wildman–Crippen MR) is 99.6 cm³/mol. The third-order valence-corrected chi connectivity index (χ3v) is 3.95. The minimum Gasteiger partial charge on any atom is -0.492 e. The Morgan fingerprint density at radius 3 is 2.82 bits per heavy atom. The SMILES string of the molecule is CCOc1ccccc1NC(=O)CN1C(=O)C(C)Oc2ccc([N+](=O)[O-])nc21. The molecule has 1 aliphatic heterocycles. The van der Waals surface area contributed by atoms with Gasteiger partial charge in [0.05, 0.1) is 12.3 Å². The van der Waals surface area contributed by atoms with Gasteiger partial charge in [0.1, 0.15) is 12.3 Å². The number of aromatic nitrogens is 1. The van der Waals surface area contributed by atoms with Crippen molar-refractivity contribution < 1.29 is 24.0 Å². The van der Waals surface area contributed by atoms with E-state index in [1.165, 1.54) is 19.1 Å². The van der Waals surface area contributed by atoms with E-state index in [1.54, 1.807) is 24.3 Å². The minimum atomic E-state index is -0.848. The van der Waals surface area contributed by atoms with E-state index in [2.05, 4.69) is 10.3 Å². The van der Waals surface area contributed by atoms with Gasteiger partial charge in [-0.1, -0.05) is 12.1 Å². The fraction of sp³-hybridized carbons (Fsp3) is 0.278. The third kappa shape index (κ3) is 3.85. The second-order valence-electron chi connectivity index (χ2n) is 5.91. The maximum atomic E-state index is 12.6. The maximum absolute atomic E-state index is 12.6. The molecule has 0 saturated carbocycles. The Kier molecular flexibility index (Phi) is 5.39. The summed E-state index contributed by atoms with van der Waals surface area (Å²) >= 11 is 0. The molecule has 0 fully saturated rings. The Morgan fingerprint density at radius 2 is 2.11 bits per heavy atom. The number of nitrogens with one attached hydrogen (secondary N) is 1. The third-order valence-electron chi connectivity index (χ3n) is 3.95. The first-order valence-corrected chi connectivity index (χ1v) is 8.56. The van der Waals surface area contributed by atoms with Crippen LogP contribution in [0.2, 0.25) is 0 Å². The van der Waals surface area contributed by atoms with Crippen LogP contribution >= 0.6 is 0 Å². The Labute approximate surface area is 160 Å². The van der Waals surface area contributed by atoms with Crippen LogP contribution in [0.1, 0.15) is 13.8 Å². The molecule has 1 aliphatic rings. The van der Waals surface area contributed by atoms with Crippen molar-refractivity contribution in [2.24, 2.45) is 0 Å². The van der Waals surface area contributed by atoms with Gasteiger partial charge >= 0.3 is 5.82 Å². The molecule has 1 aromatic carbocycles. The van der Waals surface area contributed by atoms with E-state index < -0.39 is 28.7 Å². The molecule has 0 saturated heterocycles. The van der Waals surface area contributed by atoms with Crippen molar-refractivity contribution in [2.75, 3.05) is 23.4 Å². The number of hydrogen-bond acceptors (Lipinski definition) is 7. The summed E-state index contributed by atoms with van der Waals surface area (Å²) in [6.45, 7) is 3.39. The number of hydrogen-bond donors (Lipinski definition) is 1. The number of carbonyl (C=O) groups excluding carboxylic acids is 2. The van der Waals surface area contributed by atoms with E-state index in [0.29, 0.717) is 18.0 Å². The number of anilines is 2. The lowest BCUT2D eigenvalue weighted by molar-refractivity contribution is -0.389. The van der Waals surface area contributed by atoms with Crippen LogP contribution < -0.4 is 19.7 Å². The number of ether oxygens (including phenoxy) is 2. The van der Waals surface area contributed by atoms with E-state index in [-0.39, 0.29) is 18.1 Å². The largest absolute Gasteiger partial charge is 0.492 e. The zero-order valence-electron chi connectivity index (χ0n) is 15.2. The molecule has 2 heterocycles. The number of benzene rings is 1. The number of rotatable bonds is 6.